The second-order valence-corrected chi connectivity index (χ2v) is 11.8. The number of carbonyl (C=O) groups excluding carboxylic acids is 1. The molecule has 1 aliphatic heterocycles. The van der Waals surface area contributed by atoms with Gasteiger partial charge in [-0.15, -0.1) is 10.2 Å². The second kappa shape index (κ2) is 8.98. The van der Waals surface area contributed by atoms with E-state index in [0.29, 0.717) is 16.1 Å². The number of benzene rings is 2. The van der Waals surface area contributed by atoms with Crippen molar-refractivity contribution in [3.8, 4) is 11.5 Å². The van der Waals surface area contributed by atoms with Gasteiger partial charge in [0, 0.05) is 17.0 Å². The third kappa shape index (κ3) is 4.81. The number of carbonyl (C=O) groups is 1. The maximum Gasteiger partial charge on any atom is 0.250 e. The van der Waals surface area contributed by atoms with Crippen LogP contribution in [-0.2, 0) is 33.1 Å². The lowest BCUT2D eigenvalue weighted by Crippen LogP contribution is -2.45. The van der Waals surface area contributed by atoms with Gasteiger partial charge in [-0.05, 0) is 35.4 Å². The first-order chi connectivity index (χ1) is 16.3. The van der Waals surface area contributed by atoms with Crippen LogP contribution in [0.4, 0.5) is 10.1 Å². The van der Waals surface area contributed by atoms with E-state index in [9.17, 15) is 13.2 Å². The zero-order valence-corrected chi connectivity index (χ0v) is 21.0. The molecule has 0 saturated heterocycles. The molecule has 4 rings (SSSR count). The number of anilines is 1. The third-order valence-corrected chi connectivity index (χ3v) is 7.70. The zero-order chi connectivity index (χ0) is 25.7. The van der Waals surface area contributed by atoms with Crippen LogP contribution < -0.4 is 16.4 Å². The van der Waals surface area contributed by atoms with Crippen molar-refractivity contribution in [2.75, 3.05) is 10.7 Å². The van der Waals surface area contributed by atoms with E-state index in [2.05, 4.69) is 10.2 Å². The smallest absolute Gasteiger partial charge is 0.250 e. The summed E-state index contributed by atoms with van der Waals surface area (Å²) in [7, 11) is -4.09. The molecular formula is C23H25ClFN5O4S. The Kier molecular flexibility index (Phi) is 6.47. The maximum absolute atomic E-state index is 15.2. The predicted molar refractivity (Wildman–Crippen MR) is 129 cm³/mol. The Morgan fingerprint density at radius 2 is 1.91 bits per heavy atom. The topological polar surface area (TPSA) is 145 Å². The van der Waals surface area contributed by atoms with Gasteiger partial charge in [0.1, 0.15) is 5.82 Å². The lowest BCUT2D eigenvalue weighted by Gasteiger charge is -2.25. The molecule has 0 fully saturated rings. The predicted octanol–water partition coefficient (Wildman–Crippen LogP) is 2.93. The molecule has 186 valence electrons. The number of amides is 1. The highest BCUT2D eigenvalue weighted by Gasteiger charge is 2.38. The molecule has 12 heteroatoms. The van der Waals surface area contributed by atoms with Crippen LogP contribution in [0.15, 0.2) is 39.6 Å². The first kappa shape index (κ1) is 25.2. The van der Waals surface area contributed by atoms with Crippen LogP contribution in [-0.4, -0.2) is 36.3 Å². The lowest BCUT2D eigenvalue weighted by atomic mass is 9.97. The summed E-state index contributed by atoms with van der Waals surface area (Å²) >= 11 is 6.07. The summed E-state index contributed by atoms with van der Waals surface area (Å²) < 4.78 is 46.9. The Balaban J connectivity index is 1.91. The van der Waals surface area contributed by atoms with E-state index in [0.717, 1.165) is 6.07 Å². The van der Waals surface area contributed by atoms with Crippen molar-refractivity contribution in [2.24, 2.45) is 11.5 Å². The number of hydrogen-bond donors (Lipinski definition) is 2. The monoisotopic (exact) mass is 521 g/mol. The van der Waals surface area contributed by atoms with E-state index >= 15 is 4.39 Å². The average molecular weight is 522 g/mol. The fraction of sp³-hybridized carbons (Fsp3) is 0.348. The molecule has 3 aromatic rings. The van der Waals surface area contributed by atoms with E-state index in [1.54, 1.807) is 18.2 Å². The summed E-state index contributed by atoms with van der Waals surface area (Å²) in [4.78, 5) is 14.1. The van der Waals surface area contributed by atoms with Gasteiger partial charge in [0.05, 0.1) is 34.5 Å². The largest absolute Gasteiger partial charge is 0.420 e. The Morgan fingerprint density at radius 1 is 1.20 bits per heavy atom. The molecule has 1 amide bonds. The Labute approximate surface area is 207 Å². The van der Waals surface area contributed by atoms with Crippen LogP contribution in [0.3, 0.4) is 0 Å². The maximum atomic E-state index is 15.2. The van der Waals surface area contributed by atoms with Crippen molar-refractivity contribution in [1.82, 2.24) is 10.2 Å². The van der Waals surface area contributed by atoms with Gasteiger partial charge in [0.2, 0.25) is 11.8 Å². The van der Waals surface area contributed by atoms with Crippen molar-refractivity contribution < 1.29 is 22.0 Å². The zero-order valence-electron chi connectivity index (χ0n) is 19.4. The van der Waals surface area contributed by atoms with E-state index in [1.165, 1.54) is 11.0 Å². The fourth-order valence-corrected chi connectivity index (χ4v) is 5.55. The van der Waals surface area contributed by atoms with E-state index < -0.39 is 38.8 Å². The lowest BCUT2D eigenvalue weighted by molar-refractivity contribution is -0.119. The molecule has 0 unspecified atom stereocenters. The minimum Gasteiger partial charge on any atom is -0.420 e. The molecule has 2 heterocycles. The summed E-state index contributed by atoms with van der Waals surface area (Å²) in [6, 6.07) is 5.75. The molecule has 2 aromatic carbocycles. The minimum atomic E-state index is -4.09. The van der Waals surface area contributed by atoms with Crippen molar-refractivity contribution in [1.29, 1.82) is 0 Å². The Bertz CT molecular complexity index is 1420. The molecule has 0 aliphatic carbocycles. The quantitative estimate of drug-likeness (QED) is 0.533. The van der Waals surface area contributed by atoms with E-state index in [1.807, 2.05) is 20.8 Å². The highest BCUT2D eigenvalue weighted by molar-refractivity contribution is 7.91. The summed E-state index contributed by atoms with van der Waals surface area (Å²) in [6.45, 7) is 5.65. The van der Waals surface area contributed by atoms with E-state index in [4.69, 9.17) is 27.5 Å². The second-order valence-electron chi connectivity index (χ2n) is 9.39. The van der Waals surface area contributed by atoms with Crippen molar-refractivity contribution in [2.45, 2.75) is 50.2 Å². The molecule has 0 spiro atoms. The molecule has 0 saturated carbocycles. The van der Waals surface area contributed by atoms with Crippen molar-refractivity contribution >= 4 is 33.0 Å². The van der Waals surface area contributed by atoms with Crippen LogP contribution in [0.1, 0.15) is 37.8 Å². The number of aromatic nitrogens is 2. The van der Waals surface area contributed by atoms with Gasteiger partial charge in [0.15, 0.2) is 9.84 Å². The summed E-state index contributed by atoms with van der Waals surface area (Å²) in [5.41, 5.74) is 12.5. The van der Waals surface area contributed by atoms with Gasteiger partial charge >= 0.3 is 0 Å². The molecule has 35 heavy (non-hydrogen) atoms. The molecule has 0 bridgehead atoms. The van der Waals surface area contributed by atoms with Gasteiger partial charge in [-0.25, -0.2) is 12.8 Å². The minimum absolute atomic E-state index is 0.0345. The normalized spacial score (nSPS) is 17.9. The van der Waals surface area contributed by atoms with Crippen molar-refractivity contribution in [3.63, 3.8) is 0 Å². The van der Waals surface area contributed by atoms with Crippen LogP contribution in [0, 0.1) is 5.82 Å². The van der Waals surface area contributed by atoms with Crippen LogP contribution in [0.5, 0.6) is 0 Å². The van der Waals surface area contributed by atoms with Gasteiger partial charge in [-0.3, -0.25) is 4.79 Å². The molecule has 1 aromatic heterocycles. The van der Waals surface area contributed by atoms with Gasteiger partial charge in [-0.2, -0.15) is 0 Å². The molecule has 1 aliphatic rings. The highest BCUT2D eigenvalue weighted by Crippen LogP contribution is 2.37. The number of nitrogens with zero attached hydrogens (tertiary/aromatic N) is 3. The standard InChI is InChI=1S/C23H25ClFN5O4S/c1-23(2,3)22-29-28-20(34-22)15-7-18-19(8-16(15)25)35(32,33)11-17(27)21(31)30(18)10-12-4-5-14(24)6-13(12)9-26/h4-8,17H,9-11,26-27H2,1-3H3/t17-/m0/s1. The first-order valence-corrected chi connectivity index (χ1v) is 12.8. The van der Waals surface area contributed by atoms with Crippen LogP contribution in [0.2, 0.25) is 5.02 Å². The van der Waals surface area contributed by atoms with Crippen LogP contribution in [0.25, 0.3) is 11.5 Å². The summed E-state index contributed by atoms with van der Waals surface area (Å²) in [5.74, 6) is -2.04. The first-order valence-electron chi connectivity index (χ1n) is 10.8. The Morgan fingerprint density at radius 3 is 2.54 bits per heavy atom. The van der Waals surface area contributed by atoms with Crippen LogP contribution >= 0.6 is 11.6 Å². The van der Waals surface area contributed by atoms with Gasteiger partial charge < -0.3 is 20.8 Å². The fourth-order valence-electron chi connectivity index (χ4n) is 3.79. The molecule has 9 nitrogen and oxygen atoms in total. The molecule has 0 radical (unpaired) electrons. The highest BCUT2D eigenvalue weighted by atomic mass is 35.5. The summed E-state index contributed by atoms with van der Waals surface area (Å²) in [5, 5.41) is 8.38. The summed E-state index contributed by atoms with van der Waals surface area (Å²) in [6.07, 6.45) is 0. The number of rotatable bonds is 4. The average Bonchev–Trinajstić information content (AvgIpc) is 3.26. The third-order valence-electron chi connectivity index (χ3n) is 5.67. The number of hydrogen-bond acceptors (Lipinski definition) is 8. The number of fused-ring (bicyclic) bond motifs is 1. The van der Waals surface area contributed by atoms with Gasteiger partial charge in [0.25, 0.3) is 5.89 Å². The number of halogens is 2. The number of sulfone groups is 1. The molecule has 1 atom stereocenters. The molecular weight excluding hydrogens is 497 g/mol. The van der Waals surface area contributed by atoms with Gasteiger partial charge in [-0.1, -0.05) is 38.4 Å². The Hall–Kier alpha value is -2.86. The van der Waals surface area contributed by atoms with E-state index in [-0.39, 0.29) is 41.0 Å². The SMILES string of the molecule is CC(C)(C)c1nnc(-c2cc3c(cc2F)S(=O)(=O)C[C@H](N)C(=O)N3Cc2ccc(Cl)cc2CN)o1. The molecule has 4 N–H and O–H groups in total. The van der Waals surface area contributed by atoms with Crippen molar-refractivity contribution in [3.05, 3.63) is 58.2 Å². The number of nitrogens with two attached hydrogens (primary N) is 2.